The van der Waals surface area contributed by atoms with Crippen LogP contribution in [0.25, 0.3) is 22.6 Å². The van der Waals surface area contributed by atoms with Crippen LogP contribution in [-0.2, 0) is 6.18 Å². The van der Waals surface area contributed by atoms with Crippen molar-refractivity contribution < 1.29 is 31.9 Å². The molecule has 10 heteroatoms. The Labute approximate surface area is 169 Å². The minimum atomic E-state index is -4.73. The van der Waals surface area contributed by atoms with Gasteiger partial charge in [0.1, 0.15) is 23.8 Å². The Balaban J connectivity index is 1.88. The van der Waals surface area contributed by atoms with E-state index in [1.807, 2.05) is 0 Å². The van der Waals surface area contributed by atoms with E-state index < -0.39 is 18.1 Å². The molecule has 0 spiro atoms. The third-order valence-electron chi connectivity index (χ3n) is 4.02. The molecule has 30 heavy (non-hydrogen) atoms. The molecule has 0 saturated heterocycles. The summed E-state index contributed by atoms with van der Waals surface area (Å²) in [6.07, 6.45) is -4.73. The number of urea groups is 1. The number of oxazole rings is 1. The molecule has 0 aliphatic carbocycles. The van der Waals surface area contributed by atoms with Gasteiger partial charge in [-0.05, 0) is 48.5 Å². The highest BCUT2D eigenvalue weighted by atomic mass is 19.4. The number of amides is 2. The Hall–Kier alpha value is -3.69. The van der Waals surface area contributed by atoms with E-state index in [2.05, 4.69) is 10.3 Å². The van der Waals surface area contributed by atoms with E-state index in [-0.39, 0.29) is 24.6 Å². The van der Waals surface area contributed by atoms with Gasteiger partial charge >= 0.3 is 18.1 Å². The number of carbonyl (C=O) groups is 1. The van der Waals surface area contributed by atoms with Gasteiger partial charge in [0.2, 0.25) is 0 Å². The summed E-state index contributed by atoms with van der Waals surface area (Å²) in [5.41, 5.74) is 5.86. The number of alkyl halides is 3. The van der Waals surface area contributed by atoms with Crippen molar-refractivity contribution >= 4 is 6.03 Å². The number of methoxy groups -OCH3 is 1. The lowest BCUT2D eigenvalue weighted by molar-refractivity contribution is -0.156. The number of benzene rings is 2. The summed E-state index contributed by atoms with van der Waals surface area (Å²) in [5.74, 6) is -0.325. The largest absolute Gasteiger partial charge is 0.497 e. The maximum atomic E-state index is 13.2. The predicted molar refractivity (Wildman–Crippen MR) is 102 cm³/mol. The fourth-order valence-corrected chi connectivity index (χ4v) is 2.63. The third-order valence-corrected chi connectivity index (χ3v) is 4.02. The molecule has 0 atom stereocenters. The molecule has 0 unspecified atom stereocenters. The lowest BCUT2D eigenvalue weighted by atomic mass is 10.1. The third kappa shape index (κ3) is 5.02. The summed E-state index contributed by atoms with van der Waals surface area (Å²) in [4.78, 5) is 14.3. The van der Waals surface area contributed by atoms with E-state index in [4.69, 9.17) is 19.6 Å². The standard InChI is InChI=1S/C20H18F3N3O4/c1-28-14-6-2-12(3-7-14)16-17(30-18(26-16)20(21,22)23)13-4-8-15(9-5-13)29-11-10-25-19(24)27/h2-9H,10-11H2,1H3,(H3,24,25,27). The first-order chi connectivity index (χ1) is 14.3. The molecule has 0 aliphatic heterocycles. The quantitative estimate of drug-likeness (QED) is 0.560. The van der Waals surface area contributed by atoms with Crippen LogP contribution >= 0.6 is 0 Å². The van der Waals surface area contributed by atoms with Crippen LogP contribution in [0.5, 0.6) is 11.5 Å². The summed E-state index contributed by atoms with van der Waals surface area (Å²) in [7, 11) is 1.49. The number of carbonyl (C=O) groups excluding carboxylic acids is 1. The number of rotatable bonds is 7. The monoisotopic (exact) mass is 421 g/mol. The lowest BCUT2D eigenvalue weighted by Crippen LogP contribution is -2.32. The fraction of sp³-hybridized carbons (Fsp3) is 0.200. The smallest absolute Gasteiger partial charge is 0.468 e. The number of nitrogens with one attached hydrogen (secondary N) is 1. The highest BCUT2D eigenvalue weighted by Crippen LogP contribution is 2.39. The molecule has 2 amide bonds. The number of primary amides is 1. The van der Waals surface area contributed by atoms with Crippen molar-refractivity contribution in [3.05, 3.63) is 54.4 Å². The molecular formula is C20H18F3N3O4. The highest BCUT2D eigenvalue weighted by Gasteiger charge is 2.39. The normalized spacial score (nSPS) is 11.2. The SMILES string of the molecule is COc1ccc(-c2nc(C(F)(F)F)oc2-c2ccc(OCCNC(N)=O)cc2)cc1. The zero-order valence-corrected chi connectivity index (χ0v) is 15.8. The number of hydrogen-bond acceptors (Lipinski definition) is 5. The summed E-state index contributed by atoms with van der Waals surface area (Å²) in [5, 5.41) is 2.38. The van der Waals surface area contributed by atoms with Gasteiger partial charge in [-0.1, -0.05) is 0 Å². The lowest BCUT2D eigenvalue weighted by Gasteiger charge is -2.07. The van der Waals surface area contributed by atoms with Crippen molar-refractivity contribution in [3.63, 3.8) is 0 Å². The zero-order valence-electron chi connectivity index (χ0n) is 15.8. The number of aromatic nitrogens is 1. The maximum Gasteiger partial charge on any atom is 0.468 e. The molecule has 0 aliphatic rings. The van der Waals surface area contributed by atoms with Gasteiger partial charge in [-0.15, -0.1) is 0 Å². The molecule has 7 nitrogen and oxygen atoms in total. The first-order valence-corrected chi connectivity index (χ1v) is 8.77. The van der Waals surface area contributed by atoms with Crippen LogP contribution < -0.4 is 20.5 Å². The second kappa shape index (κ2) is 8.76. The Morgan fingerprint density at radius 2 is 1.67 bits per heavy atom. The summed E-state index contributed by atoms with van der Waals surface area (Å²) in [6, 6.07) is 12.1. The van der Waals surface area contributed by atoms with E-state index in [1.54, 1.807) is 48.5 Å². The van der Waals surface area contributed by atoms with Crippen molar-refractivity contribution in [2.45, 2.75) is 6.18 Å². The van der Waals surface area contributed by atoms with Crippen molar-refractivity contribution in [1.29, 1.82) is 0 Å². The molecule has 2 aromatic carbocycles. The number of nitrogens with zero attached hydrogens (tertiary/aromatic N) is 1. The first kappa shape index (κ1) is 21.0. The van der Waals surface area contributed by atoms with Crippen molar-refractivity contribution in [3.8, 4) is 34.1 Å². The zero-order chi connectivity index (χ0) is 21.7. The topological polar surface area (TPSA) is 99.6 Å². The van der Waals surface area contributed by atoms with Gasteiger partial charge in [-0.3, -0.25) is 0 Å². The number of nitrogens with two attached hydrogens (primary N) is 1. The molecule has 0 bridgehead atoms. The van der Waals surface area contributed by atoms with E-state index in [0.717, 1.165) is 0 Å². The minimum Gasteiger partial charge on any atom is -0.497 e. The molecule has 3 rings (SSSR count). The Kier molecular flexibility index (Phi) is 6.14. The Morgan fingerprint density at radius 1 is 1.07 bits per heavy atom. The van der Waals surface area contributed by atoms with E-state index in [0.29, 0.717) is 22.6 Å². The molecule has 3 N–H and O–H groups in total. The van der Waals surface area contributed by atoms with Gasteiger partial charge in [-0.25, -0.2) is 9.78 Å². The predicted octanol–water partition coefficient (Wildman–Crippen LogP) is 4.08. The Morgan fingerprint density at radius 3 is 2.23 bits per heavy atom. The maximum absolute atomic E-state index is 13.2. The molecule has 0 saturated carbocycles. The van der Waals surface area contributed by atoms with Crippen molar-refractivity contribution in [1.82, 2.24) is 10.3 Å². The van der Waals surface area contributed by atoms with E-state index in [1.165, 1.54) is 7.11 Å². The van der Waals surface area contributed by atoms with Gasteiger partial charge in [0.15, 0.2) is 5.76 Å². The molecule has 158 valence electrons. The van der Waals surface area contributed by atoms with E-state index >= 15 is 0 Å². The summed E-state index contributed by atoms with van der Waals surface area (Å²) >= 11 is 0. The van der Waals surface area contributed by atoms with Gasteiger partial charge < -0.3 is 24.9 Å². The number of ether oxygens (including phenoxy) is 2. The minimum absolute atomic E-state index is 0.0190. The molecule has 0 radical (unpaired) electrons. The van der Waals surface area contributed by atoms with Gasteiger partial charge in [0.25, 0.3) is 0 Å². The summed E-state index contributed by atoms with van der Waals surface area (Å²) < 4.78 is 55.2. The van der Waals surface area contributed by atoms with Crippen LogP contribution in [0.2, 0.25) is 0 Å². The van der Waals surface area contributed by atoms with Crippen LogP contribution in [0.1, 0.15) is 5.89 Å². The van der Waals surface area contributed by atoms with Crippen molar-refractivity contribution in [2.75, 3.05) is 20.3 Å². The molecule has 1 heterocycles. The van der Waals surface area contributed by atoms with Crippen LogP contribution in [-0.4, -0.2) is 31.3 Å². The van der Waals surface area contributed by atoms with E-state index in [9.17, 15) is 18.0 Å². The van der Waals surface area contributed by atoms with Crippen LogP contribution in [0.15, 0.2) is 52.9 Å². The Bertz CT molecular complexity index is 1000. The molecule has 1 aromatic heterocycles. The first-order valence-electron chi connectivity index (χ1n) is 8.77. The van der Waals surface area contributed by atoms with Gasteiger partial charge in [0, 0.05) is 11.1 Å². The second-order valence-corrected chi connectivity index (χ2v) is 6.09. The molecule has 0 fully saturated rings. The fourth-order valence-electron chi connectivity index (χ4n) is 2.63. The average Bonchev–Trinajstić information content (AvgIpc) is 3.17. The molecular weight excluding hydrogens is 403 g/mol. The van der Waals surface area contributed by atoms with Gasteiger partial charge in [-0.2, -0.15) is 13.2 Å². The number of hydrogen-bond donors (Lipinski definition) is 2. The van der Waals surface area contributed by atoms with Crippen LogP contribution in [0, 0.1) is 0 Å². The molecule has 3 aromatic rings. The number of halogens is 3. The second-order valence-electron chi connectivity index (χ2n) is 6.09. The van der Waals surface area contributed by atoms with Crippen molar-refractivity contribution in [2.24, 2.45) is 5.73 Å². The van der Waals surface area contributed by atoms with Crippen LogP contribution in [0.4, 0.5) is 18.0 Å². The highest BCUT2D eigenvalue weighted by molar-refractivity contribution is 5.77. The van der Waals surface area contributed by atoms with Gasteiger partial charge in [0.05, 0.1) is 13.7 Å². The van der Waals surface area contributed by atoms with Crippen LogP contribution in [0.3, 0.4) is 0 Å². The average molecular weight is 421 g/mol. The summed E-state index contributed by atoms with van der Waals surface area (Å²) in [6.45, 7) is 0.398.